The second-order valence-corrected chi connectivity index (χ2v) is 5.65. The van der Waals surface area contributed by atoms with Gasteiger partial charge < -0.3 is 9.80 Å². The maximum atomic E-state index is 4.60. The fourth-order valence-corrected chi connectivity index (χ4v) is 2.79. The van der Waals surface area contributed by atoms with Crippen molar-refractivity contribution < 1.29 is 0 Å². The van der Waals surface area contributed by atoms with Gasteiger partial charge in [-0.05, 0) is 19.2 Å². The van der Waals surface area contributed by atoms with Crippen molar-refractivity contribution in [3.8, 4) is 0 Å². The van der Waals surface area contributed by atoms with E-state index in [9.17, 15) is 0 Å². The zero-order valence-corrected chi connectivity index (χ0v) is 13.0. The van der Waals surface area contributed by atoms with E-state index in [1.54, 1.807) is 24.2 Å². The molecule has 2 aromatic heterocycles. The standard InChI is InChI=1S/C14H18N6S/c1-11-10-12(18-14(17-11)21-2)19-6-8-20(9-7-19)13-15-4-3-5-16-13/h3-5,10H,6-9H2,1-2H3. The minimum Gasteiger partial charge on any atom is -0.353 e. The molecule has 0 aromatic carbocycles. The van der Waals surface area contributed by atoms with Crippen LogP contribution in [0.15, 0.2) is 29.7 Å². The lowest BCUT2D eigenvalue weighted by Gasteiger charge is -2.35. The van der Waals surface area contributed by atoms with Gasteiger partial charge in [0.2, 0.25) is 5.95 Å². The molecule has 3 heterocycles. The van der Waals surface area contributed by atoms with Gasteiger partial charge in [0, 0.05) is 50.3 Å². The van der Waals surface area contributed by atoms with E-state index < -0.39 is 0 Å². The summed E-state index contributed by atoms with van der Waals surface area (Å²) in [6.07, 6.45) is 5.57. The van der Waals surface area contributed by atoms with Crippen LogP contribution >= 0.6 is 11.8 Å². The third kappa shape index (κ3) is 3.24. The van der Waals surface area contributed by atoms with Crippen LogP contribution in [0.25, 0.3) is 0 Å². The first kappa shape index (κ1) is 14.1. The summed E-state index contributed by atoms with van der Waals surface area (Å²) in [4.78, 5) is 22.1. The molecule has 0 N–H and O–H groups in total. The zero-order valence-electron chi connectivity index (χ0n) is 12.2. The predicted molar refractivity (Wildman–Crippen MR) is 85.0 cm³/mol. The van der Waals surface area contributed by atoms with E-state index in [0.717, 1.165) is 48.8 Å². The summed E-state index contributed by atoms with van der Waals surface area (Å²) in [5.74, 6) is 1.82. The molecule has 0 spiro atoms. The van der Waals surface area contributed by atoms with E-state index in [0.29, 0.717) is 0 Å². The molecule has 0 aliphatic carbocycles. The Bertz CT molecular complexity index is 598. The summed E-state index contributed by atoms with van der Waals surface area (Å²) < 4.78 is 0. The van der Waals surface area contributed by atoms with Gasteiger partial charge in [-0.2, -0.15) is 0 Å². The molecule has 0 radical (unpaired) electrons. The number of piperazine rings is 1. The SMILES string of the molecule is CSc1nc(C)cc(N2CCN(c3ncccn3)CC2)n1. The van der Waals surface area contributed by atoms with E-state index in [2.05, 4.69) is 29.7 Å². The third-order valence-electron chi connectivity index (χ3n) is 3.44. The lowest BCUT2D eigenvalue weighted by atomic mass is 10.3. The van der Waals surface area contributed by atoms with Crippen molar-refractivity contribution in [1.82, 2.24) is 19.9 Å². The first-order valence-corrected chi connectivity index (χ1v) is 8.15. The predicted octanol–water partition coefficient (Wildman–Crippen LogP) is 1.62. The minimum absolute atomic E-state index is 0.806. The number of thioether (sulfide) groups is 1. The second-order valence-electron chi connectivity index (χ2n) is 4.88. The van der Waals surface area contributed by atoms with Gasteiger partial charge in [0.05, 0.1) is 0 Å². The lowest BCUT2D eigenvalue weighted by molar-refractivity contribution is 0.630. The van der Waals surface area contributed by atoms with Crippen LogP contribution in [0.4, 0.5) is 11.8 Å². The minimum atomic E-state index is 0.806. The van der Waals surface area contributed by atoms with E-state index in [-0.39, 0.29) is 0 Å². The van der Waals surface area contributed by atoms with Crippen LogP contribution < -0.4 is 9.80 Å². The Kier molecular flexibility index (Phi) is 4.19. The summed E-state index contributed by atoms with van der Waals surface area (Å²) in [5, 5.41) is 0.832. The summed E-state index contributed by atoms with van der Waals surface area (Å²) in [5.41, 5.74) is 1.01. The highest BCUT2D eigenvalue weighted by Gasteiger charge is 2.20. The average molecular weight is 302 g/mol. The summed E-state index contributed by atoms with van der Waals surface area (Å²) >= 11 is 1.58. The van der Waals surface area contributed by atoms with Gasteiger partial charge in [0.1, 0.15) is 5.82 Å². The zero-order chi connectivity index (χ0) is 14.7. The molecule has 0 amide bonds. The molecule has 0 unspecified atom stereocenters. The molecule has 0 bridgehead atoms. The number of rotatable bonds is 3. The molecule has 1 saturated heterocycles. The molecule has 0 atom stereocenters. The highest BCUT2D eigenvalue weighted by Crippen LogP contribution is 2.19. The van der Waals surface area contributed by atoms with Crippen LogP contribution in [0.5, 0.6) is 0 Å². The maximum absolute atomic E-state index is 4.60. The Morgan fingerprint density at radius 2 is 1.67 bits per heavy atom. The Balaban J connectivity index is 1.70. The molecule has 3 rings (SSSR count). The highest BCUT2D eigenvalue weighted by atomic mass is 32.2. The van der Waals surface area contributed by atoms with Gasteiger partial charge in [-0.1, -0.05) is 11.8 Å². The average Bonchev–Trinajstić information content (AvgIpc) is 2.55. The van der Waals surface area contributed by atoms with Gasteiger partial charge in [-0.25, -0.2) is 19.9 Å². The van der Waals surface area contributed by atoms with Gasteiger partial charge in [-0.15, -0.1) is 0 Å². The third-order valence-corrected chi connectivity index (χ3v) is 3.99. The maximum Gasteiger partial charge on any atom is 0.225 e. The van der Waals surface area contributed by atoms with E-state index in [1.807, 2.05) is 25.3 Å². The van der Waals surface area contributed by atoms with Crippen LogP contribution in [0.1, 0.15) is 5.69 Å². The number of hydrogen-bond acceptors (Lipinski definition) is 7. The van der Waals surface area contributed by atoms with Gasteiger partial charge in [0.15, 0.2) is 5.16 Å². The van der Waals surface area contributed by atoms with Gasteiger partial charge in [0.25, 0.3) is 0 Å². The molecule has 110 valence electrons. The first-order valence-electron chi connectivity index (χ1n) is 6.93. The van der Waals surface area contributed by atoms with Crippen LogP contribution in [0, 0.1) is 6.92 Å². The molecule has 2 aromatic rings. The van der Waals surface area contributed by atoms with E-state index in [4.69, 9.17) is 0 Å². The van der Waals surface area contributed by atoms with Crippen LogP contribution in [-0.4, -0.2) is 52.4 Å². The molecule has 6 nitrogen and oxygen atoms in total. The smallest absolute Gasteiger partial charge is 0.225 e. The molecule has 21 heavy (non-hydrogen) atoms. The Labute approximate surface area is 128 Å². The number of anilines is 2. The van der Waals surface area contributed by atoms with Crippen molar-refractivity contribution in [2.75, 3.05) is 42.2 Å². The summed E-state index contributed by atoms with van der Waals surface area (Å²) in [7, 11) is 0. The normalized spacial score (nSPS) is 15.3. The van der Waals surface area contributed by atoms with Crippen molar-refractivity contribution in [1.29, 1.82) is 0 Å². The topological polar surface area (TPSA) is 58.0 Å². The van der Waals surface area contributed by atoms with E-state index in [1.165, 1.54) is 0 Å². The Hall–Kier alpha value is -1.89. The quantitative estimate of drug-likeness (QED) is 0.631. The molecule has 0 saturated carbocycles. The molecule has 1 fully saturated rings. The van der Waals surface area contributed by atoms with Crippen LogP contribution in [0.2, 0.25) is 0 Å². The Morgan fingerprint density at radius 3 is 2.33 bits per heavy atom. The lowest BCUT2D eigenvalue weighted by Crippen LogP contribution is -2.47. The largest absolute Gasteiger partial charge is 0.353 e. The van der Waals surface area contributed by atoms with Crippen molar-refractivity contribution in [2.45, 2.75) is 12.1 Å². The molecule has 7 heteroatoms. The fraction of sp³-hybridized carbons (Fsp3) is 0.429. The second kappa shape index (κ2) is 6.26. The number of hydrogen-bond donors (Lipinski definition) is 0. The molecular weight excluding hydrogens is 284 g/mol. The number of aryl methyl sites for hydroxylation is 1. The first-order chi connectivity index (χ1) is 10.3. The van der Waals surface area contributed by atoms with Crippen molar-refractivity contribution in [3.05, 3.63) is 30.2 Å². The summed E-state index contributed by atoms with van der Waals surface area (Å²) in [6.45, 7) is 5.66. The summed E-state index contributed by atoms with van der Waals surface area (Å²) in [6, 6.07) is 3.89. The van der Waals surface area contributed by atoms with Crippen molar-refractivity contribution in [3.63, 3.8) is 0 Å². The van der Waals surface area contributed by atoms with E-state index >= 15 is 0 Å². The fourth-order valence-electron chi connectivity index (χ4n) is 2.37. The van der Waals surface area contributed by atoms with Gasteiger partial charge in [-0.3, -0.25) is 0 Å². The number of nitrogens with zero attached hydrogens (tertiary/aromatic N) is 6. The highest BCUT2D eigenvalue weighted by molar-refractivity contribution is 7.98. The van der Waals surface area contributed by atoms with Crippen LogP contribution in [0.3, 0.4) is 0 Å². The van der Waals surface area contributed by atoms with Crippen LogP contribution in [-0.2, 0) is 0 Å². The molecule has 1 aliphatic heterocycles. The van der Waals surface area contributed by atoms with Crippen molar-refractivity contribution in [2.24, 2.45) is 0 Å². The monoisotopic (exact) mass is 302 g/mol. The van der Waals surface area contributed by atoms with Crippen molar-refractivity contribution >= 4 is 23.5 Å². The molecular formula is C14H18N6S. The number of aromatic nitrogens is 4. The Morgan fingerprint density at radius 1 is 1.00 bits per heavy atom. The van der Waals surface area contributed by atoms with Gasteiger partial charge >= 0.3 is 0 Å². The molecule has 1 aliphatic rings.